The summed E-state index contributed by atoms with van der Waals surface area (Å²) in [6, 6.07) is 10.3. The fourth-order valence-electron chi connectivity index (χ4n) is 1.87. The Morgan fingerprint density at radius 3 is 2.67 bits per heavy atom. The lowest BCUT2D eigenvalue weighted by Crippen LogP contribution is -2.19. The molecule has 2 aromatic rings. The molecule has 18 heavy (non-hydrogen) atoms. The van der Waals surface area contributed by atoms with Crippen LogP contribution in [0.1, 0.15) is 30.1 Å². The smallest absolute Gasteiger partial charge is 0.124 e. The summed E-state index contributed by atoms with van der Waals surface area (Å²) in [5, 5.41) is 0. The molecule has 0 amide bonds. The van der Waals surface area contributed by atoms with Crippen molar-refractivity contribution in [1.82, 2.24) is 4.98 Å². The summed E-state index contributed by atoms with van der Waals surface area (Å²) in [6.45, 7) is 2.03. The van der Waals surface area contributed by atoms with Gasteiger partial charge in [0.1, 0.15) is 5.82 Å². The molecule has 2 nitrogen and oxygen atoms in total. The van der Waals surface area contributed by atoms with Crippen LogP contribution in [0.4, 0.5) is 4.39 Å². The van der Waals surface area contributed by atoms with Crippen LogP contribution in [0.3, 0.4) is 0 Å². The maximum Gasteiger partial charge on any atom is 0.124 e. The molecule has 1 heterocycles. The van der Waals surface area contributed by atoms with E-state index in [1.165, 1.54) is 12.1 Å². The molecule has 2 N–H and O–H groups in total. The highest BCUT2D eigenvalue weighted by atomic mass is 127. The molecule has 0 saturated heterocycles. The average Bonchev–Trinajstić information content (AvgIpc) is 2.38. The van der Waals surface area contributed by atoms with Gasteiger partial charge < -0.3 is 5.73 Å². The average molecular weight is 356 g/mol. The molecule has 2 unspecified atom stereocenters. The lowest BCUT2D eigenvalue weighted by Gasteiger charge is -2.21. The monoisotopic (exact) mass is 356 g/mol. The maximum atomic E-state index is 13.1. The van der Waals surface area contributed by atoms with Crippen LogP contribution in [0.5, 0.6) is 0 Å². The standard InChI is InChI=1S/C14H14FIN2/c1-9(13-4-2-3-7-18-13)14(17)11-6-5-10(15)8-12(11)16/h2-9,14H,17H2,1H3. The third-order valence-electron chi connectivity index (χ3n) is 3.01. The fraction of sp³-hybridized carbons (Fsp3) is 0.214. The molecular formula is C14H14FIN2. The first-order valence-electron chi connectivity index (χ1n) is 5.71. The van der Waals surface area contributed by atoms with Gasteiger partial charge in [-0.15, -0.1) is 0 Å². The number of hydrogen-bond donors (Lipinski definition) is 1. The molecule has 0 radical (unpaired) electrons. The molecule has 94 valence electrons. The molecule has 4 heteroatoms. The first-order chi connectivity index (χ1) is 8.59. The van der Waals surface area contributed by atoms with Crippen LogP contribution in [-0.2, 0) is 0 Å². The van der Waals surface area contributed by atoms with Gasteiger partial charge in [0.25, 0.3) is 0 Å². The van der Waals surface area contributed by atoms with E-state index in [2.05, 4.69) is 27.6 Å². The number of nitrogens with zero attached hydrogens (tertiary/aromatic N) is 1. The second-order valence-electron chi connectivity index (χ2n) is 4.23. The van der Waals surface area contributed by atoms with Crippen molar-refractivity contribution in [2.75, 3.05) is 0 Å². The van der Waals surface area contributed by atoms with Crippen LogP contribution in [0.25, 0.3) is 0 Å². The molecule has 0 aliphatic rings. The summed E-state index contributed by atoms with van der Waals surface area (Å²) >= 11 is 2.11. The van der Waals surface area contributed by atoms with Crippen molar-refractivity contribution in [2.24, 2.45) is 5.73 Å². The van der Waals surface area contributed by atoms with Crippen molar-refractivity contribution < 1.29 is 4.39 Å². The van der Waals surface area contributed by atoms with Gasteiger partial charge in [-0.2, -0.15) is 0 Å². The van der Waals surface area contributed by atoms with Crippen molar-refractivity contribution in [3.63, 3.8) is 0 Å². The number of pyridine rings is 1. The van der Waals surface area contributed by atoms with E-state index in [4.69, 9.17) is 5.73 Å². The first-order valence-corrected chi connectivity index (χ1v) is 6.79. The summed E-state index contributed by atoms with van der Waals surface area (Å²) in [6.07, 6.45) is 1.76. The zero-order valence-corrected chi connectivity index (χ0v) is 12.1. The topological polar surface area (TPSA) is 38.9 Å². The molecule has 1 aromatic heterocycles. The van der Waals surface area contributed by atoms with Crippen LogP contribution >= 0.6 is 22.6 Å². The van der Waals surface area contributed by atoms with Crippen molar-refractivity contribution in [3.8, 4) is 0 Å². The Hall–Kier alpha value is -1.01. The Kier molecular flexibility index (Phi) is 4.29. The second kappa shape index (κ2) is 5.75. The summed E-state index contributed by atoms with van der Waals surface area (Å²) in [5.41, 5.74) is 8.16. The molecule has 2 atom stereocenters. The zero-order valence-electron chi connectivity index (χ0n) is 9.98. The summed E-state index contributed by atoms with van der Waals surface area (Å²) < 4.78 is 13.9. The number of nitrogens with two attached hydrogens (primary N) is 1. The van der Waals surface area contributed by atoms with Gasteiger partial charge in [0.15, 0.2) is 0 Å². The maximum absolute atomic E-state index is 13.1. The molecule has 2 rings (SSSR count). The van der Waals surface area contributed by atoms with Crippen LogP contribution < -0.4 is 5.73 Å². The molecule has 0 aliphatic heterocycles. The van der Waals surface area contributed by atoms with Crippen LogP contribution in [-0.4, -0.2) is 4.98 Å². The highest BCUT2D eigenvalue weighted by molar-refractivity contribution is 14.1. The van der Waals surface area contributed by atoms with E-state index in [1.54, 1.807) is 12.3 Å². The van der Waals surface area contributed by atoms with E-state index in [9.17, 15) is 4.39 Å². The van der Waals surface area contributed by atoms with Crippen molar-refractivity contribution in [2.45, 2.75) is 18.9 Å². The van der Waals surface area contributed by atoms with E-state index in [0.717, 1.165) is 14.8 Å². The number of benzene rings is 1. The third-order valence-corrected chi connectivity index (χ3v) is 3.95. The molecule has 0 fully saturated rings. The number of rotatable bonds is 3. The van der Waals surface area contributed by atoms with E-state index < -0.39 is 0 Å². The zero-order chi connectivity index (χ0) is 13.1. The van der Waals surface area contributed by atoms with E-state index >= 15 is 0 Å². The normalized spacial score (nSPS) is 14.2. The Balaban J connectivity index is 2.28. The molecule has 0 saturated carbocycles. The molecule has 1 aromatic carbocycles. The molecule has 0 spiro atoms. The third kappa shape index (κ3) is 2.87. The van der Waals surface area contributed by atoms with E-state index in [0.29, 0.717) is 0 Å². The Morgan fingerprint density at radius 1 is 1.28 bits per heavy atom. The lowest BCUT2D eigenvalue weighted by molar-refractivity contribution is 0.576. The van der Waals surface area contributed by atoms with Crippen LogP contribution in [0.2, 0.25) is 0 Å². The van der Waals surface area contributed by atoms with Crippen molar-refractivity contribution >= 4 is 22.6 Å². The minimum absolute atomic E-state index is 0.0881. The molecule has 0 bridgehead atoms. The predicted molar refractivity (Wildman–Crippen MR) is 78.7 cm³/mol. The van der Waals surface area contributed by atoms with Gasteiger partial charge in [-0.05, 0) is 52.4 Å². The Labute approximate surface area is 120 Å². The first kappa shape index (κ1) is 13.4. The van der Waals surface area contributed by atoms with Gasteiger partial charge in [-0.3, -0.25) is 4.98 Å². The lowest BCUT2D eigenvalue weighted by atomic mass is 9.92. The van der Waals surface area contributed by atoms with E-state index in [-0.39, 0.29) is 17.8 Å². The number of aromatic nitrogens is 1. The number of halogens is 2. The van der Waals surface area contributed by atoms with Gasteiger partial charge in [-0.25, -0.2) is 4.39 Å². The SMILES string of the molecule is CC(c1ccccn1)C(N)c1ccc(F)cc1I. The van der Waals surface area contributed by atoms with Gasteiger partial charge in [0, 0.05) is 27.4 Å². The van der Waals surface area contributed by atoms with E-state index in [1.807, 2.05) is 25.1 Å². The largest absolute Gasteiger partial charge is 0.323 e. The van der Waals surface area contributed by atoms with Crippen LogP contribution in [0, 0.1) is 9.39 Å². The van der Waals surface area contributed by atoms with Crippen molar-refractivity contribution in [3.05, 3.63) is 63.2 Å². The second-order valence-corrected chi connectivity index (χ2v) is 5.40. The molecule has 0 aliphatic carbocycles. The molecular weight excluding hydrogens is 342 g/mol. The van der Waals surface area contributed by atoms with Gasteiger partial charge in [0.05, 0.1) is 0 Å². The Morgan fingerprint density at radius 2 is 2.06 bits per heavy atom. The summed E-state index contributed by atoms with van der Waals surface area (Å²) in [7, 11) is 0. The highest BCUT2D eigenvalue weighted by Crippen LogP contribution is 2.30. The minimum Gasteiger partial charge on any atom is -0.323 e. The van der Waals surface area contributed by atoms with Gasteiger partial charge in [0.2, 0.25) is 0 Å². The Bertz CT molecular complexity index is 531. The van der Waals surface area contributed by atoms with Gasteiger partial charge in [-0.1, -0.05) is 19.1 Å². The van der Waals surface area contributed by atoms with Gasteiger partial charge >= 0.3 is 0 Å². The summed E-state index contributed by atoms with van der Waals surface area (Å²) in [4.78, 5) is 4.32. The highest BCUT2D eigenvalue weighted by Gasteiger charge is 2.19. The quantitative estimate of drug-likeness (QED) is 0.853. The van der Waals surface area contributed by atoms with Crippen molar-refractivity contribution in [1.29, 1.82) is 0 Å². The van der Waals surface area contributed by atoms with Crippen LogP contribution in [0.15, 0.2) is 42.6 Å². The number of hydrogen-bond acceptors (Lipinski definition) is 2. The predicted octanol–water partition coefficient (Wildman–Crippen LogP) is 3.63. The summed E-state index contributed by atoms with van der Waals surface area (Å²) in [5.74, 6) is -0.147. The minimum atomic E-state index is -0.235. The fourth-order valence-corrected chi connectivity index (χ4v) is 2.71.